The number of furan rings is 1. The van der Waals surface area contributed by atoms with Gasteiger partial charge in [0.1, 0.15) is 23.3 Å². The molecule has 0 unspecified atom stereocenters. The Balaban J connectivity index is 1.27. The van der Waals surface area contributed by atoms with Crippen LogP contribution in [0.1, 0.15) is 23.5 Å². The number of carbonyl (C=O) groups excluding carboxylic acids is 1. The molecule has 10 heteroatoms. The first-order valence-corrected chi connectivity index (χ1v) is 14.3. The van der Waals surface area contributed by atoms with Crippen molar-refractivity contribution in [3.05, 3.63) is 131 Å². The van der Waals surface area contributed by atoms with E-state index in [2.05, 4.69) is 15.6 Å². The van der Waals surface area contributed by atoms with Gasteiger partial charge >= 0.3 is 0 Å². The Morgan fingerprint density at radius 2 is 1.74 bits per heavy atom. The zero-order chi connectivity index (χ0) is 29.1. The van der Waals surface area contributed by atoms with Crippen LogP contribution in [0.2, 0.25) is 10.0 Å². The predicted molar refractivity (Wildman–Crippen MR) is 169 cm³/mol. The molecule has 1 amide bonds. The SMILES string of the molecule is O=C(COc1ccccc1)Nc1ccc(N2C(=S)N[C@@H](c3ccccn3)[C@@H]2c2ccc(-c3cccc(Cl)c3Cl)o2)cc1. The number of benzene rings is 3. The fraction of sp³-hybridized carbons (Fsp3) is 0.0938. The lowest BCUT2D eigenvalue weighted by Gasteiger charge is -2.26. The lowest BCUT2D eigenvalue weighted by molar-refractivity contribution is -0.118. The maximum absolute atomic E-state index is 12.5. The predicted octanol–water partition coefficient (Wildman–Crippen LogP) is 7.84. The fourth-order valence-corrected chi connectivity index (χ4v) is 5.58. The molecule has 2 aromatic heterocycles. The second-order valence-electron chi connectivity index (χ2n) is 9.50. The molecule has 7 nitrogen and oxygen atoms in total. The van der Waals surface area contributed by atoms with E-state index in [0.717, 1.165) is 11.4 Å². The monoisotopic (exact) mass is 614 g/mol. The molecule has 0 spiro atoms. The van der Waals surface area contributed by atoms with E-state index in [1.165, 1.54) is 0 Å². The van der Waals surface area contributed by atoms with Gasteiger partial charge in [0, 0.05) is 23.1 Å². The van der Waals surface area contributed by atoms with Gasteiger partial charge in [-0.1, -0.05) is 53.5 Å². The summed E-state index contributed by atoms with van der Waals surface area (Å²) >= 11 is 18.6. The zero-order valence-corrected chi connectivity index (χ0v) is 24.4. The van der Waals surface area contributed by atoms with Crippen LogP contribution < -0.4 is 20.3 Å². The van der Waals surface area contributed by atoms with Gasteiger partial charge in [0.15, 0.2) is 11.7 Å². The Hall–Kier alpha value is -4.37. The number of carbonyl (C=O) groups is 1. The molecular formula is C32H24Cl2N4O3S. The van der Waals surface area contributed by atoms with Gasteiger partial charge in [-0.3, -0.25) is 9.78 Å². The van der Waals surface area contributed by atoms with Gasteiger partial charge in [-0.05, 0) is 85.0 Å². The molecule has 0 radical (unpaired) electrons. The molecule has 0 aliphatic carbocycles. The van der Waals surface area contributed by atoms with E-state index in [1.807, 2.05) is 89.8 Å². The van der Waals surface area contributed by atoms with Crippen LogP contribution in [0.3, 0.4) is 0 Å². The maximum Gasteiger partial charge on any atom is 0.262 e. The quantitative estimate of drug-likeness (QED) is 0.172. The first-order chi connectivity index (χ1) is 20.5. The van der Waals surface area contributed by atoms with Gasteiger partial charge in [0.25, 0.3) is 5.91 Å². The molecule has 1 aliphatic heterocycles. The summed E-state index contributed by atoms with van der Waals surface area (Å²) in [6, 6.07) is 30.9. The molecule has 1 saturated heterocycles. The van der Waals surface area contributed by atoms with E-state index >= 15 is 0 Å². The summed E-state index contributed by atoms with van der Waals surface area (Å²) in [5.41, 5.74) is 2.95. The number of nitrogens with one attached hydrogen (secondary N) is 2. The van der Waals surface area contributed by atoms with Gasteiger partial charge in [-0.25, -0.2) is 0 Å². The summed E-state index contributed by atoms with van der Waals surface area (Å²) in [5.74, 6) is 1.62. The number of aromatic nitrogens is 1. The van der Waals surface area contributed by atoms with Crippen molar-refractivity contribution in [2.75, 3.05) is 16.8 Å². The minimum atomic E-state index is -0.362. The average Bonchev–Trinajstić information content (AvgIpc) is 3.63. The number of nitrogens with zero attached hydrogens (tertiary/aromatic N) is 2. The van der Waals surface area contributed by atoms with Crippen LogP contribution in [0, 0.1) is 0 Å². The number of ether oxygens (including phenoxy) is 1. The smallest absolute Gasteiger partial charge is 0.262 e. The largest absolute Gasteiger partial charge is 0.484 e. The van der Waals surface area contributed by atoms with E-state index < -0.39 is 0 Å². The Morgan fingerprint density at radius 3 is 2.50 bits per heavy atom. The topological polar surface area (TPSA) is 79.6 Å². The van der Waals surface area contributed by atoms with Crippen molar-refractivity contribution in [3.63, 3.8) is 0 Å². The van der Waals surface area contributed by atoms with Gasteiger partial charge in [0.2, 0.25) is 0 Å². The highest BCUT2D eigenvalue weighted by molar-refractivity contribution is 7.80. The number of rotatable bonds is 8. The van der Waals surface area contributed by atoms with Crippen LogP contribution >= 0.6 is 35.4 Å². The third-order valence-corrected chi connectivity index (χ3v) is 7.91. The molecule has 210 valence electrons. The molecule has 3 aromatic carbocycles. The van der Waals surface area contributed by atoms with E-state index in [4.69, 9.17) is 44.6 Å². The highest BCUT2D eigenvalue weighted by Gasteiger charge is 2.42. The summed E-state index contributed by atoms with van der Waals surface area (Å²) in [6.07, 6.45) is 1.75. The minimum Gasteiger partial charge on any atom is -0.484 e. The minimum absolute atomic E-state index is 0.100. The maximum atomic E-state index is 12.5. The van der Waals surface area contributed by atoms with Crippen molar-refractivity contribution in [2.45, 2.75) is 12.1 Å². The number of thiocarbonyl (C=S) groups is 1. The standard InChI is InChI=1S/C32H24Cl2N4O3S/c33-24-10-6-9-23(29(24)34)26-16-17-27(41-26)31-30(25-11-4-5-18-35-25)37-32(42)38(31)21-14-12-20(13-15-21)36-28(39)19-40-22-7-2-1-3-8-22/h1-18,30-31H,19H2,(H,36,39)(H,37,42)/t30-,31-/m0/s1. The van der Waals surface area contributed by atoms with Crippen molar-refractivity contribution in [3.8, 4) is 17.1 Å². The Bertz CT molecular complexity index is 1720. The number of pyridine rings is 1. The van der Waals surface area contributed by atoms with E-state index in [-0.39, 0.29) is 24.6 Å². The van der Waals surface area contributed by atoms with Crippen LogP contribution in [0.4, 0.5) is 11.4 Å². The molecule has 0 bridgehead atoms. The first kappa shape index (κ1) is 27.8. The summed E-state index contributed by atoms with van der Waals surface area (Å²) in [5, 5.41) is 7.67. The van der Waals surface area contributed by atoms with Crippen molar-refractivity contribution < 1.29 is 13.9 Å². The number of anilines is 2. The van der Waals surface area contributed by atoms with Gasteiger partial charge < -0.3 is 24.7 Å². The summed E-state index contributed by atoms with van der Waals surface area (Å²) < 4.78 is 11.9. The highest BCUT2D eigenvalue weighted by atomic mass is 35.5. The molecule has 1 fully saturated rings. The summed E-state index contributed by atoms with van der Waals surface area (Å²) in [6.45, 7) is -0.100. The van der Waals surface area contributed by atoms with E-state index in [9.17, 15) is 4.79 Å². The second kappa shape index (κ2) is 12.2. The van der Waals surface area contributed by atoms with Gasteiger partial charge in [0.05, 0.1) is 21.8 Å². The number of hydrogen-bond acceptors (Lipinski definition) is 5. The molecule has 2 N–H and O–H groups in total. The Kier molecular flexibility index (Phi) is 8.10. The zero-order valence-electron chi connectivity index (χ0n) is 22.0. The molecule has 1 aliphatic rings. The fourth-order valence-electron chi connectivity index (χ4n) is 4.84. The van der Waals surface area contributed by atoms with E-state index in [1.54, 1.807) is 24.4 Å². The molecule has 3 heterocycles. The molecule has 5 aromatic rings. The van der Waals surface area contributed by atoms with Gasteiger partial charge in [-0.15, -0.1) is 0 Å². The normalized spacial score (nSPS) is 16.2. The second-order valence-corrected chi connectivity index (χ2v) is 10.7. The number of amides is 1. The van der Waals surface area contributed by atoms with E-state index in [0.29, 0.717) is 43.7 Å². The van der Waals surface area contributed by atoms with Crippen molar-refractivity contribution in [2.24, 2.45) is 0 Å². The average molecular weight is 616 g/mol. The third kappa shape index (κ3) is 5.83. The molecule has 2 atom stereocenters. The molecular weight excluding hydrogens is 591 g/mol. The van der Waals surface area contributed by atoms with Crippen LogP contribution in [0.25, 0.3) is 11.3 Å². The van der Waals surface area contributed by atoms with Crippen LogP contribution in [0.5, 0.6) is 5.75 Å². The number of hydrogen-bond donors (Lipinski definition) is 2. The summed E-state index contributed by atoms with van der Waals surface area (Å²) in [4.78, 5) is 19.0. The van der Waals surface area contributed by atoms with Crippen LogP contribution in [-0.4, -0.2) is 22.6 Å². The van der Waals surface area contributed by atoms with Crippen molar-refractivity contribution in [1.29, 1.82) is 0 Å². The van der Waals surface area contributed by atoms with Gasteiger partial charge in [-0.2, -0.15) is 0 Å². The van der Waals surface area contributed by atoms with Crippen LogP contribution in [0.15, 0.2) is 114 Å². The van der Waals surface area contributed by atoms with Crippen molar-refractivity contribution >= 4 is 57.8 Å². The Labute approximate surface area is 258 Å². The number of halogens is 2. The molecule has 6 rings (SSSR count). The molecule has 42 heavy (non-hydrogen) atoms. The summed E-state index contributed by atoms with van der Waals surface area (Å²) in [7, 11) is 0. The lowest BCUT2D eigenvalue weighted by Crippen LogP contribution is -2.29. The first-order valence-electron chi connectivity index (χ1n) is 13.1. The van der Waals surface area contributed by atoms with Crippen LogP contribution in [-0.2, 0) is 4.79 Å². The Morgan fingerprint density at radius 1 is 0.952 bits per heavy atom. The molecule has 0 saturated carbocycles. The van der Waals surface area contributed by atoms with Crippen molar-refractivity contribution in [1.82, 2.24) is 10.3 Å². The third-order valence-electron chi connectivity index (χ3n) is 6.78. The lowest BCUT2D eigenvalue weighted by atomic mass is 10.0. The number of para-hydroxylation sites is 1. The highest BCUT2D eigenvalue weighted by Crippen LogP contribution is 2.44.